The van der Waals surface area contributed by atoms with Crippen molar-refractivity contribution >= 4 is 31.6 Å². The average molecular weight is 452 g/mol. The zero-order chi connectivity index (χ0) is 21.8. The number of primary sulfonamides is 1. The van der Waals surface area contributed by atoms with Gasteiger partial charge >= 0.3 is 0 Å². The van der Waals surface area contributed by atoms with Gasteiger partial charge in [0.1, 0.15) is 0 Å². The molecule has 3 rings (SSSR count). The Balaban J connectivity index is 1.80. The number of nitrogens with zero attached hydrogens (tertiary/aromatic N) is 1. The molecule has 1 saturated carbocycles. The molecule has 0 radical (unpaired) electrons. The van der Waals surface area contributed by atoms with Crippen LogP contribution in [0, 0.1) is 0 Å². The lowest BCUT2D eigenvalue weighted by Gasteiger charge is -2.33. The van der Waals surface area contributed by atoms with Gasteiger partial charge in [-0.05, 0) is 49.2 Å². The van der Waals surface area contributed by atoms with Crippen LogP contribution >= 0.6 is 0 Å². The Hall–Kier alpha value is -2.27. The SMILES string of the molecule is NS(=O)(=O)c1ccc(NC(=O)CN(C2CCCCC2)S(=O)(=O)c2ccccc2)cc1. The van der Waals surface area contributed by atoms with Crippen molar-refractivity contribution in [2.45, 2.75) is 47.9 Å². The standard InChI is InChI=1S/C20H25N3O5S2/c21-29(25,26)18-13-11-16(12-14-18)22-20(24)15-23(17-7-3-1-4-8-17)30(27,28)19-9-5-2-6-10-19/h2,5-6,9-14,17H,1,3-4,7-8,15H2,(H,22,24)(H2,21,25,26). The fraction of sp³-hybridized carbons (Fsp3) is 0.350. The van der Waals surface area contributed by atoms with Crippen molar-refractivity contribution in [3.63, 3.8) is 0 Å². The molecular formula is C20H25N3O5S2. The van der Waals surface area contributed by atoms with Gasteiger partial charge in [0.2, 0.25) is 26.0 Å². The number of sulfonamides is 2. The summed E-state index contributed by atoms with van der Waals surface area (Å²) in [5.41, 5.74) is 0.355. The summed E-state index contributed by atoms with van der Waals surface area (Å²) in [5, 5.41) is 7.70. The number of nitrogens with two attached hydrogens (primary N) is 1. The van der Waals surface area contributed by atoms with Gasteiger partial charge in [0, 0.05) is 11.7 Å². The first-order chi connectivity index (χ1) is 14.2. The molecule has 2 aromatic rings. The highest BCUT2D eigenvalue weighted by molar-refractivity contribution is 7.89. The third-order valence-corrected chi connectivity index (χ3v) is 7.94. The van der Waals surface area contributed by atoms with Crippen molar-refractivity contribution in [2.75, 3.05) is 11.9 Å². The Morgan fingerprint density at radius 2 is 1.50 bits per heavy atom. The van der Waals surface area contributed by atoms with Crippen LogP contribution in [0.2, 0.25) is 0 Å². The molecule has 0 heterocycles. The number of carbonyl (C=O) groups is 1. The normalized spacial score (nSPS) is 15.8. The first-order valence-corrected chi connectivity index (χ1v) is 12.7. The predicted molar refractivity (Wildman–Crippen MR) is 114 cm³/mol. The van der Waals surface area contributed by atoms with Crippen LogP contribution in [0.1, 0.15) is 32.1 Å². The van der Waals surface area contributed by atoms with Crippen LogP contribution in [0.5, 0.6) is 0 Å². The van der Waals surface area contributed by atoms with Crippen molar-refractivity contribution in [2.24, 2.45) is 5.14 Å². The van der Waals surface area contributed by atoms with E-state index in [1.807, 2.05) is 0 Å². The Kier molecular flexibility index (Phi) is 6.91. The quantitative estimate of drug-likeness (QED) is 0.668. The van der Waals surface area contributed by atoms with E-state index in [4.69, 9.17) is 5.14 Å². The van der Waals surface area contributed by atoms with Gasteiger partial charge in [0.05, 0.1) is 16.3 Å². The molecule has 162 valence electrons. The second-order valence-electron chi connectivity index (χ2n) is 7.27. The number of benzene rings is 2. The van der Waals surface area contributed by atoms with E-state index < -0.39 is 26.0 Å². The lowest BCUT2D eigenvalue weighted by atomic mass is 9.95. The summed E-state index contributed by atoms with van der Waals surface area (Å²) in [6, 6.07) is 13.2. The molecule has 10 heteroatoms. The predicted octanol–water partition coefficient (Wildman–Crippen LogP) is 2.30. The van der Waals surface area contributed by atoms with Gasteiger partial charge in [-0.3, -0.25) is 4.79 Å². The van der Waals surface area contributed by atoms with Crippen molar-refractivity contribution in [1.29, 1.82) is 0 Å². The van der Waals surface area contributed by atoms with Gasteiger partial charge in [-0.25, -0.2) is 22.0 Å². The minimum absolute atomic E-state index is 0.0732. The van der Waals surface area contributed by atoms with E-state index in [0.29, 0.717) is 18.5 Å². The van der Waals surface area contributed by atoms with E-state index in [-0.39, 0.29) is 22.4 Å². The highest BCUT2D eigenvalue weighted by Crippen LogP contribution is 2.28. The number of carbonyl (C=O) groups excluding carboxylic acids is 1. The molecule has 0 aromatic heterocycles. The highest BCUT2D eigenvalue weighted by Gasteiger charge is 2.33. The second kappa shape index (κ2) is 9.25. The molecule has 1 fully saturated rings. The molecule has 1 amide bonds. The smallest absolute Gasteiger partial charge is 0.243 e. The lowest BCUT2D eigenvalue weighted by molar-refractivity contribution is -0.116. The summed E-state index contributed by atoms with van der Waals surface area (Å²) in [7, 11) is -7.67. The van der Waals surface area contributed by atoms with Crippen molar-refractivity contribution in [3.05, 3.63) is 54.6 Å². The summed E-state index contributed by atoms with van der Waals surface area (Å²) in [5.74, 6) is -0.497. The van der Waals surface area contributed by atoms with Gasteiger partial charge in [0.25, 0.3) is 0 Å². The molecule has 8 nitrogen and oxygen atoms in total. The first-order valence-electron chi connectivity index (χ1n) is 9.67. The van der Waals surface area contributed by atoms with Crippen LogP contribution < -0.4 is 10.5 Å². The van der Waals surface area contributed by atoms with Crippen LogP contribution in [0.3, 0.4) is 0 Å². The number of hydrogen-bond acceptors (Lipinski definition) is 5. The van der Waals surface area contributed by atoms with Crippen LogP contribution in [0.25, 0.3) is 0 Å². The fourth-order valence-corrected chi connectivity index (χ4v) is 5.76. The number of nitrogens with one attached hydrogen (secondary N) is 1. The first kappa shape index (κ1) is 22.4. The molecule has 0 saturated heterocycles. The van der Waals surface area contributed by atoms with Gasteiger partial charge in [0.15, 0.2) is 0 Å². The molecule has 0 atom stereocenters. The third-order valence-electron chi connectivity index (χ3n) is 5.10. The van der Waals surface area contributed by atoms with Crippen LogP contribution in [-0.2, 0) is 24.8 Å². The molecule has 3 N–H and O–H groups in total. The molecule has 0 aliphatic heterocycles. The van der Waals surface area contributed by atoms with E-state index in [0.717, 1.165) is 19.3 Å². The minimum Gasteiger partial charge on any atom is -0.325 e. The number of rotatable bonds is 7. The molecule has 30 heavy (non-hydrogen) atoms. The molecule has 1 aliphatic carbocycles. The molecule has 0 unspecified atom stereocenters. The lowest BCUT2D eigenvalue weighted by Crippen LogP contribution is -2.45. The van der Waals surface area contributed by atoms with E-state index in [1.54, 1.807) is 18.2 Å². The maximum atomic E-state index is 13.2. The molecule has 0 spiro atoms. The van der Waals surface area contributed by atoms with Crippen molar-refractivity contribution in [1.82, 2.24) is 4.31 Å². The molecule has 1 aliphatic rings. The minimum atomic E-state index is -3.84. The molecule has 2 aromatic carbocycles. The van der Waals surface area contributed by atoms with Gasteiger partial charge in [-0.15, -0.1) is 0 Å². The van der Waals surface area contributed by atoms with Gasteiger partial charge in [-0.2, -0.15) is 4.31 Å². The van der Waals surface area contributed by atoms with E-state index in [2.05, 4.69) is 5.32 Å². The highest BCUT2D eigenvalue weighted by atomic mass is 32.2. The summed E-state index contributed by atoms with van der Waals surface area (Å²) in [4.78, 5) is 12.7. The summed E-state index contributed by atoms with van der Waals surface area (Å²) in [6.45, 7) is -0.321. The zero-order valence-electron chi connectivity index (χ0n) is 16.4. The van der Waals surface area contributed by atoms with Gasteiger partial charge < -0.3 is 5.32 Å². The Bertz CT molecular complexity index is 1080. The summed E-state index contributed by atoms with van der Waals surface area (Å²) in [6.07, 6.45) is 4.31. The third kappa shape index (κ3) is 5.45. The maximum Gasteiger partial charge on any atom is 0.243 e. The van der Waals surface area contributed by atoms with E-state index >= 15 is 0 Å². The summed E-state index contributed by atoms with van der Waals surface area (Å²) >= 11 is 0. The fourth-order valence-electron chi connectivity index (χ4n) is 3.58. The Morgan fingerprint density at radius 3 is 2.07 bits per heavy atom. The van der Waals surface area contributed by atoms with Crippen molar-refractivity contribution in [3.8, 4) is 0 Å². The largest absolute Gasteiger partial charge is 0.325 e. The second-order valence-corrected chi connectivity index (χ2v) is 10.7. The topological polar surface area (TPSA) is 127 Å². The van der Waals surface area contributed by atoms with Crippen LogP contribution in [0.15, 0.2) is 64.4 Å². The zero-order valence-corrected chi connectivity index (χ0v) is 18.0. The number of anilines is 1. The Morgan fingerprint density at radius 1 is 0.900 bits per heavy atom. The number of hydrogen-bond donors (Lipinski definition) is 2. The monoisotopic (exact) mass is 451 g/mol. The molecular weight excluding hydrogens is 426 g/mol. The van der Waals surface area contributed by atoms with Gasteiger partial charge in [-0.1, -0.05) is 37.5 Å². The average Bonchev–Trinajstić information content (AvgIpc) is 2.73. The van der Waals surface area contributed by atoms with Crippen LogP contribution in [-0.4, -0.2) is 39.6 Å². The Labute approximate surface area is 177 Å². The summed E-state index contributed by atoms with van der Waals surface area (Å²) < 4.78 is 50.5. The van der Waals surface area contributed by atoms with Crippen LogP contribution in [0.4, 0.5) is 5.69 Å². The van der Waals surface area contributed by atoms with Crippen molar-refractivity contribution < 1.29 is 21.6 Å². The van der Waals surface area contributed by atoms with E-state index in [1.165, 1.54) is 40.7 Å². The number of amides is 1. The maximum absolute atomic E-state index is 13.2. The van der Waals surface area contributed by atoms with E-state index in [9.17, 15) is 21.6 Å². The molecule has 0 bridgehead atoms.